The maximum absolute atomic E-state index is 13.2. The Morgan fingerprint density at radius 2 is 1.88 bits per heavy atom. The molecule has 0 bridgehead atoms. The van der Waals surface area contributed by atoms with Crippen molar-refractivity contribution in [3.8, 4) is 0 Å². The van der Waals surface area contributed by atoms with Gasteiger partial charge in [-0.3, -0.25) is 9.59 Å². The summed E-state index contributed by atoms with van der Waals surface area (Å²) >= 11 is 0. The fraction of sp³-hybridized carbons (Fsp3) is 0.609. The summed E-state index contributed by atoms with van der Waals surface area (Å²) in [6.07, 6.45) is 0.918. The number of amides is 4. The first-order valence-electron chi connectivity index (χ1n) is 11.7. The van der Waals surface area contributed by atoms with E-state index in [0.29, 0.717) is 12.1 Å². The highest BCUT2D eigenvalue weighted by Gasteiger charge is 2.50. The molecule has 3 N–H and O–H groups in total. The lowest BCUT2D eigenvalue weighted by molar-refractivity contribution is -0.192. The van der Waals surface area contributed by atoms with Gasteiger partial charge in [-0.15, -0.1) is 0 Å². The van der Waals surface area contributed by atoms with Gasteiger partial charge >= 0.3 is 6.03 Å². The summed E-state index contributed by atoms with van der Waals surface area (Å²) in [7, 11) is 1.62. The van der Waals surface area contributed by atoms with Gasteiger partial charge in [0.05, 0.1) is 13.1 Å². The van der Waals surface area contributed by atoms with Gasteiger partial charge in [-0.05, 0) is 24.1 Å². The summed E-state index contributed by atoms with van der Waals surface area (Å²) in [5.41, 5.74) is 0.708. The van der Waals surface area contributed by atoms with Gasteiger partial charge in [-0.2, -0.15) is 0 Å². The smallest absolute Gasteiger partial charge is 0.334 e. The van der Waals surface area contributed by atoms with E-state index < -0.39 is 24.5 Å². The summed E-state index contributed by atoms with van der Waals surface area (Å²) in [5.74, 6) is -1.08. The second kappa shape index (κ2) is 11.6. The van der Waals surface area contributed by atoms with Crippen LogP contribution in [0.4, 0.5) is 9.18 Å². The number of unbranched alkanes of at least 4 members (excludes halogenated alkanes) is 3. The van der Waals surface area contributed by atoms with Crippen LogP contribution in [0.5, 0.6) is 0 Å². The van der Waals surface area contributed by atoms with Crippen LogP contribution in [0.25, 0.3) is 0 Å². The lowest BCUT2D eigenvalue weighted by Gasteiger charge is -2.54. The Kier molecular flexibility index (Phi) is 8.81. The van der Waals surface area contributed by atoms with Crippen LogP contribution in [0.15, 0.2) is 24.3 Å². The van der Waals surface area contributed by atoms with Crippen LogP contribution in [-0.4, -0.2) is 93.1 Å². The van der Waals surface area contributed by atoms with E-state index in [9.17, 15) is 29.0 Å². The molecule has 1 aromatic rings. The third-order valence-electron chi connectivity index (χ3n) is 6.22. The van der Waals surface area contributed by atoms with E-state index in [0.717, 1.165) is 25.7 Å². The number of carbonyl (C=O) groups is 3. The van der Waals surface area contributed by atoms with E-state index in [1.807, 2.05) is 0 Å². The van der Waals surface area contributed by atoms with E-state index >= 15 is 0 Å². The van der Waals surface area contributed by atoms with Crippen molar-refractivity contribution in [1.82, 2.24) is 25.1 Å². The minimum Gasteiger partial charge on any atom is -0.368 e. The number of nitrogens with zero attached hydrogens (tertiary/aromatic N) is 4. The lowest BCUT2D eigenvalue weighted by Crippen LogP contribution is -2.76. The lowest BCUT2D eigenvalue weighted by atomic mass is 10.0. The maximum Gasteiger partial charge on any atom is 0.334 e. The van der Waals surface area contributed by atoms with Crippen LogP contribution in [-0.2, 0) is 16.1 Å². The molecule has 2 heterocycles. The standard InChI is InChI=1S/C23H34FN5O5/c1-3-4-5-6-11-27-14-19-28(18(22(27)33)12-21(31)32)20(30)15-26(2)29(19)23(34)25-13-16-7-9-17(24)10-8-16/h7-10,18-19,21,31-32H,3-6,11-15H2,1-2H3,(H,25,34)/t18-,19-/m0/s1. The number of carbonyl (C=O) groups excluding carboxylic acids is 3. The third-order valence-corrected chi connectivity index (χ3v) is 6.22. The molecule has 0 saturated carbocycles. The monoisotopic (exact) mass is 479 g/mol. The van der Waals surface area contributed by atoms with Gasteiger partial charge in [0.25, 0.3) is 0 Å². The minimum atomic E-state index is -1.78. The second-order valence-electron chi connectivity index (χ2n) is 8.80. The molecule has 0 unspecified atom stereocenters. The fourth-order valence-corrected chi connectivity index (χ4v) is 4.53. The molecular formula is C23H34FN5O5. The number of fused-ring (bicyclic) bond motifs is 1. The Morgan fingerprint density at radius 1 is 1.18 bits per heavy atom. The second-order valence-corrected chi connectivity index (χ2v) is 8.80. The number of nitrogens with one attached hydrogen (secondary N) is 1. The molecule has 188 valence electrons. The van der Waals surface area contributed by atoms with E-state index in [1.54, 1.807) is 24.1 Å². The summed E-state index contributed by atoms with van der Waals surface area (Å²) in [4.78, 5) is 42.2. The highest BCUT2D eigenvalue weighted by Crippen LogP contribution is 2.28. The highest BCUT2D eigenvalue weighted by atomic mass is 19.1. The number of hydrogen-bond donors (Lipinski definition) is 3. The van der Waals surface area contributed by atoms with Crippen molar-refractivity contribution in [2.45, 2.75) is 64.1 Å². The van der Waals surface area contributed by atoms with Gasteiger partial charge in [0, 0.05) is 26.6 Å². The topological polar surface area (TPSA) is 117 Å². The first kappa shape index (κ1) is 25.9. The van der Waals surface area contributed by atoms with Crippen LogP contribution in [0, 0.1) is 5.82 Å². The Labute approximate surface area is 198 Å². The zero-order chi connectivity index (χ0) is 24.8. The van der Waals surface area contributed by atoms with E-state index in [1.165, 1.54) is 27.1 Å². The van der Waals surface area contributed by atoms with Crippen molar-refractivity contribution in [2.75, 3.05) is 26.7 Å². The number of aliphatic hydroxyl groups is 2. The van der Waals surface area contributed by atoms with Crippen molar-refractivity contribution >= 4 is 17.8 Å². The van der Waals surface area contributed by atoms with Gasteiger partial charge in [0.2, 0.25) is 11.8 Å². The molecule has 0 radical (unpaired) electrons. The molecule has 2 atom stereocenters. The SMILES string of the molecule is CCCCCCN1C[C@H]2N(C(=O)CN(C)N2C(=O)NCc2ccc(F)cc2)[C@@H](CC(O)O)C1=O. The number of aliphatic hydroxyl groups excluding tert-OH is 1. The Morgan fingerprint density at radius 3 is 2.53 bits per heavy atom. The number of hydrazine groups is 1. The zero-order valence-electron chi connectivity index (χ0n) is 19.7. The quantitative estimate of drug-likeness (QED) is 0.357. The van der Waals surface area contributed by atoms with Gasteiger partial charge < -0.3 is 25.3 Å². The number of hydrogen-bond acceptors (Lipinski definition) is 6. The molecule has 1 aromatic carbocycles. The number of likely N-dealkylation sites (N-methyl/N-ethyl adjacent to an activating group) is 1. The van der Waals surface area contributed by atoms with E-state index in [4.69, 9.17) is 0 Å². The van der Waals surface area contributed by atoms with Crippen molar-refractivity contribution in [2.24, 2.45) is 0 Å². The molecule has 2 aliphatic rings. The zero-order valence-corrected chi connectivity index (χ0v) is 19.7. The number of piperazine rings is 1. The van der Waals surface area contributed by atoms with Crippen molar-refractivity contribution in [1.29, 1.82) is 0 Å². The Balaban J connectivity index is 1.80. The van der Waals surface area contributed by atoms with Crippen LogP contribution in [0.2, 0.25) is 0 Å². The summed E-state index contributed by atoms with van der Waals surface area (Å²) in [6.45, 7) is 2.70. The summed E-state index contributed by atoms with van der Waals surface area (Å²) in [5, 5.41) is 24.9. The molecule has 0 aromatic heterocycles. The minimum absolute atomic E-state index is 0.128. The molecule has 2 aliphatic heterocycles. The molecular weight excluding hydrogens is 445 g/mol. The van der Waals surface area contributed by atoms with E-state index in [-0.39, 0.29) is 43.7 Å². The number of halogens is 1. The van der Waals surface area contributed by atoms with E-state index in [2.05, 4.69) is 12.2 Å². The third kappa shape index (κ3) is 6.02. The van der Waals surface area contributed by atoms with Crippen LogP contribution >= 0.6 is 0 Å². The first-order chi connectivity index (χ1) is 16.2. The van der Waals surface area contributed by atoms with Gasteiger partial charge in [-0.25, -0.2) is 19.2 Å². The molecule has 0 spiro atoms. The number of rotatable bonds is 9. The van der Waals surface area contributed by atoms with Gasteiger partial charge in [0.15, 0.2) is 6.29 Å². The fourth-order valence-electron chi connectivity index (χ4n) is 4.53. The molecule has 0 aliphatic carbocycles. The van der Waals surface area contributed by atoms with Crippen molar-refractivity contribution in [3.63, 3.8) is 0 Å². The number of benzene rings is 1. The molecule has 4 amide bonds. The van der Waals surface area contributed by atoms with Gasteiger partial charge in [-0.1, -0.05) is 38.3 Å². The van der Waals surface area contributed by atoms with Crippen LogP contribution in [0.1, 0.15) is 44.6 Å². The normalized spacial score (nSPS) is 21.3. The molecule has 2 saturated heterocycles. The first-order valence-corrected chi connectivity index (χ1v) is 11.7. The maximum atomic E-state index is 13.2. The molecule has 34 heavy (non-hydrogen) atoms. The van der Waals surface area contributed by atoms with Crippen molar-refractivity contribution in [3.05, 3.63) is 35.6 Å². The van der Waals surface area contributed by atoms with Gasteiger partial charge in [0.1, 0.15) is 18.0 Å². The average molecular weight is 480 g/mol. The summed E-state index contributed by atoms with van der Waals surface area (Å²) in [6, 6.07) is 4.21. The van der Waals surface area contributed by atoms with Crippen molar-refractivity contribution < 1.29 is 29.0 Å². The van der Waals surface area contributed by atoms with Crippen LogP contribution < -0.4 is 5.32 Å². The Bertz CT molecular complexity index is 868. The average Bonchev–Trinajstić information content (AvgIpc) is 2.78. The summed E-state index contributed by atoms with van der Waals surface area (Å²) < 4.78 is 13.2. The highest BCUT2D eigenvalue weighted by molar-refractivity contribution is 5.91. The molecule has 2 fully saturated rings. The predicted octanol–water partition coefficient (Wildman–Crippen LogP) is 0.844. The van der Waals surface area contributed by atoms with Crippen LogP contribution in [0.3, 0.4) is 0 Å². The molecule has 11 heteroatoms. The molecule has 10 nitrogen and oxygen atoms in total. The largest absolute Gasteiger partial charge is 0.368 e. The predicted molar refractivity (Wildman–Crippen MR) is 121 cm³/mol. The molecule has 3 rings (SSSR count). The number of urea groups is 1. The Hall–Kier alpha value is -2.76.